The Morgan fingerprint density at radius 3 is 2.63 bits per heavy atom. The summed E-state index contributed by atoms with van der Waals surface area (Å²) in [4.78, 5) is 37.6. The van der Waals surface area contributed by atoms with Gasteiger partial charge in [0.1, 0.15) is 5.78 Å². The molecule has 0 spiro atoms. The normalized spacial score (nSPS) is 15.9. The lowest BCUT2D eigenvalue weighted by molar-refractivity contribution is -0.145. The number of carbonyl (C=O) groups excluding carboxylic acids is 3. The van der Waals surface area contributed by atoms with Crippen LogP contribution in [0.4, 0.5) is 5.69 Å². The minimum Gasteiger partial charge on any atom is -0.336 e. The lowest BCUT2D eigenvalue weighted by Crippen LogP contribution is -2.53. The Morgan fingerprint density at radius 1 is 1.21 bits per heavy atom. The Hall–Kier alpha value is -2.17. The van der Waals surface area contributed by atoms with Gasteiger partial charge in [-0.25, -0.2) is 0 Å². The maximum Gasteiger partial charge on any atom is 0.316 e. The predicted octanol–water partition coefficient (Wildman–Crippen LogP) is 0.623. The number of piperazine rings is 1. The molecule has 0 atom stereocenters. The van der Waals surface area contributed by atoms with Crippen molar-refractivity contribution in [2.24, 2.45) is 0 Å². The number of ketones is 1. The molecule has 0 saturated carbocycles. The lowest BCUT2D eigenvalue weighted by atomic mass is 10.1. The lowest BCUT2D eigenvalue weighted by Gasteiger charge is -2.31. The molecule has 1 saturated heterocycles. The molecule has 0 N–H and O–H groups in total. The van der Waals surface area contributed by atoms with Gasteiger partial charge in [-0.1, -0.05) is 12.1 Å². The Morgan fingerprint density at radius 2 is 1.95 bits per heavy atom. The molecule has 0 aromatic heterocycles. The van der Waals surface area contributed by atoms with Crippen LogP contribution in [-0.4, -0.2) is 42.6 Å². The van der Waals surface area contributed by atoms with Gasteiger partial charge in [-0.3, -0.25) is 14.4 Å². The SMILES string of the molecule is CC(=O)Cc1cccc(N2CCN(C)C(=O)C2=O)c1. The number of rotatable bonds is 3. The maximum absolute atomic E-state index is 11.9. The highest BCUT2D eigenvalue weighted by molar-refractivity contribution is 6.40. The van der Waals surface area contributed by atoms with Crippen LogP contribution in [0.25, 0.3) is 0 Å². The van der Waals surface area contributed by atoms with E-state index in [1.165, 1.54) is 16.7 Å². The van der Waals surface area contributed by atoms with Crippen LogP contribution in [0, 0.1) is 0 Å². The van der Waals surface area contributed by atoms with Gasteiger partial charge in [0.15, 0.2) is 0 Å². The third-order valence-electron chi connectivity index (χ3n) is 3.11. The van der Waals surface area contributed by atoms with Gasteiger partial charge in [-0.2, -0.15) is 0 Å². The highest BCUT2D eigenvalue weighted by Crippen LogP contribution is 2.19. The quantitative estimate of drug-likeness (QED) is 0.749. The smallest absolute Gasteiger partial charge is 0.316 e. The zero-order valence-electron chi connectivity index (χ0n) is 11.0. The van der Waals surface area contributed by atoms with Gasteiger partial charge in [0.2, 0.25) is 0 Å². The largest absolute Gasteiger partial charge is 0.336 e. The van der Waals surface area contributed by atoms with E-state index in [0.717, 1.165) is 5.56 Å². The van der Waals surface area contributed by atoms with Crippen molar-refractivity contribution in [2.75, 3.05) is 25.0 Å². The van der Waals surface area contributed by atoms with Crippen molar-refractivity contribution >= 4 is 23.3 Å². The van der Waals surface area contributed by atoms with Gasteiger partial charge in [-0.15, -0.1) is 0 Å². The van der Waals surface area contributed by atoms with Crippen LogP contribution in [0.5, 0.6) is 0 Å². The summed E-state index contributed by atoms with van der Waals surface area (Å²) in [6, 6.07) is 7.20. The highest BCUT2D eigenvalue weighted by Gasteiger charge is 2.31. The first-order valence-corrected chi connectivity index (χ1v) is 6.14. The first-order chi connectivity index (χ1) is 8.99. The number of nitrogens with zero attached hydrogens (tertiary/aromatic N) is 2. The number of Topliss-reactive ketones (excluding diaryl/α,β-unsaturated/α-hetero) is 1. The Kier molecular flexibility index (Phi) is 3.64. The molecule has 5 heteroatoms. The molecule has 0 aliphatic carbocycles. The standard InChI is InChI=1S/C14H16N2O3/c1-10(17)8-11-4-3-5-12(9-11)16-7-6-15(2)13(18)14(16)19/h3-5,9H,6-8H2,1-2H3. The van der Waals surface area contributed by atoms with E-state index in [1.807, 2.05) is 6.07 Å². The molecule has 100 valence electrons. The van der Waals surface area contributed by atoms with E-state index in [4.69, 9.17) is 0 Å². The summed E-state index contributed by atoms with van der Waals surface area (Å²) in [6.07, 6.45) is 0.337. The molecule has 1 aliphatic rings. The number of hydrogen-bond donors (Lipinski definition) is 0. The Labute approximate surface area is 111 Å². The maximum atomic E-state index is 11.9. The van der Waals surface area contributed by atoms with Crippen LogP contribution in [0.3, 0.4) is 0 Å². The zero-order valence-corrected chi connectivity index (χ0v) is 11.0. The third kappa shape index (κ3) is 2.81. The molecule has 0 bridgehead atoms. The highest BCUT2D eigenvalue weighted by atomic mass is 16.2. The minimum absolute atomic E-state index is 0.0675. The van der Waals surface area contributed by atoms with Gasteiger partial charge in [-0.05, 0) is 24.6 Å². The fourth-order valence-corrected chi connectivity index (χ4v) is 2.10. The van der Waals surface area contributed by atoms with E-state index >= 15 is 0 Å². The van der Waals surface area contributed by atoms with E-state index in [-0.39, 0.29) is 5.78 Å². The van der Waals surface area contributed by atoms with Crippen molar-refractivity contribution in [3.05, 3.63) is 29.8 Å². The Balaban J connectivity index is 2.24. The van der Waals surface area contributed by atoms with Crippen molar-refractivity contribution in [3.8, 4) is 0 Å². The van der Waals surface area contributed by atoms with E-state index in [2.05, 4.69) is 0 Å². The van der Waals surface area contributed by atoms with Crippen LogP contribution < -0.4 is 4.90 Å². The summed E-state index contributed by atoms with van der Waals surface area (Å²) in [5.74, 6) is -0.949. The fourth-order valence-electron chi connectivity index (χ4n) is 2.10. The average Bonchev–Trinajstić information content (AvgIpc) is 2.36. The summed E-state index contributed by atoms with van der Waals surface area (Å²) in [5, 5.41) is 0. The molecule has 2 rings (SSSR count). The van der Waals surface area contributed by atoms with Gasteiger partial charge in [0.05, 0.1) is 0 Å². The first-order valence-electron chi connectivity index (χ1n) is 6.14. The third-order valence-corrected chi connectivity index (χ3v) is 3.11. The molecule has 0 unspecified atom stereocenters. The van der Waals surface area contributed by atoms with E-state index in [1.54, 1.807) is 25.2 Å². The summed E-state index contributed by atoms with van der Waals surface area (Å²) in [5.41, 5.74) is 1.52. The minimum atomic E-state index is -0.520. The van der Waals surface area contributed by atoms with Crippen LogP contribution in [0.15, 0.2) is 24.3 Å². The first kappa shape index (κ1) is 13.3. The molecule has 0 radical (unpaired) electrons. The van der Waals surface area contributed by atoms with Crippen LogP contribution >= 0.6 is 0 Å². The molecule has 2 amide bonds. The summed E-state index contributed by atoms with van der Waals surface area (Å²) < 4.78 is 0. The summed E-state index contributed by atoms with van der Waals surface area (Å²) in [6.45, 7) is 2.52. The Bertz CT molecular complexity index is 539. The molecular weight excluding hydrogens is 244 g/mol. The fraction of sp³-hybridized carbons (Fsp3) is 0.357. The van der Waals surface area contributed by atoms with Gasteiger partial charge in [0.25, 0.3) is 0 Å². The number of amides is 2. The van der Waals surface area contributed by atoms with E-state index < -0.39 is 11.8 Å². The van der Waals surface area contributed by atoms with Gasteiger partial charge in [0, 0.05) is 32.2 Å². The second kappa shape index (κ2) is 5.22. The number of likely N-dealkylation sites (N-methyl/N-ethyl adjacent to an activating group) is 1. The zero-order chi connectivity index (χ0) is 14.0. The predicted molar refractivity (Wildman–Crippen MR) is 70.8 cm³/mol. The van der Waals surface area contributed by atoms with E-state index in [9.17, 15) is 14.4 Å². The number of carbonyl (C=O) groups is 3. The molecule has 5 nitrogen and oxygen atoms in total. The number of anilines is 1. The summed E-state index contributed by atoms with van der Waals surface area (Å²) >= 11 is 0. The molecule has 19 heavy (non-hydrogen) atoms. The summed E-state index contributed by atoms with van der Waals surface area (Å²) in [7, 11) is 1.61. The van der Waals surface area contributed by atoms with Gasteiger partial charge < -0.3 is 9.80 Å². The van der Waals surface area contributed by atoms with Crippen molar-refractivity contribution in [1.29, 1.82) is 0 Å². The van der Waals surface area contributed by atoms with Crippen LogP contribution in [0.1, 0.15) is 12.5 Å². The van der Waals surface area contributed by atoms with Crippen LogP contribution in [0.2, 0.25) is 0 Å². The molecular formula is C14H16N2O3. The number of hydrogen-bond acceptors (Lipinski definition) is 3. The second-order valence-corrected chi connectivity index (χ2v) is 4.73. The second-order valence-electron chi connectivity index (χ2n) is 4.73. The number of benzene rings is 1. The van der Waals surface area contributed by atoms with Gasteiger partial charge >= 0.3 is 11.8 Å². The van der Waals surface area contributed by atoms with Crippen molar-refractivity contribution < 1.29 is 14.4 Å². The monoisotopic (exact) mass is 260 g/mol. The van der Waals surface area contributed by atoms with E-state index in [0.29, 0.717) is 25.2 Å². The van der Waals surface area contributed by atoms with Crippen molar-refractivity contribution in [1.82, 2.24) is 4.90 Å². The molecule has 1 aromatic rings. The topological polar surface area (TPSA) is 57.7 Å². The molecule has 1 aromatic carbocycles. The van der Waals surface area contributed by atoms with Crippen LogP contribution in [-0.2, 0) is 20.8 Å². The average molecular weight is 260 g/mol. The molecule has 1 heterocycles. The van der Waals surface area contributed by atoms with Crippen molar-refractivity contribution in [3.63, 3.8) is 0 Å². The molecule has 1 fully saturated rings. The molecule has 1 aliphatic heterocycles. The van der Waals surface area contributed by atoms with Crippen molar-refractivity contribution in [2.45, 2.75) is 13.3 Å².